The van der Waals surface area contributed by atoms with Gasteiger partial charge in [0.1, 0.15) is 12.1 Å². The van der Waals surface area contributed by atoms with Crippen LogP contribution in [0.5, 0.6) is 23.1 Å². The van der Waals surface area contributed by atoms with Crippen molar-refractivity contribution in [2.45, 2.75) is 18.1 Å². The van der Waals surface area contributed by atoms with Gasteiger partial charge < -0.3 is 14.2 Å². The number of benzene rings is 2. The first kappa shape index (κ1) is 18.3. The smallest absolute Gasteiger partial charge is 0.235 e. The Balaban J connectivity index is 1.59. The summed E-state index contributed by atoms with van der Waals surface area (Å²) >= 11 is 0. The van der Waals surface area contributed by atoms with Gasteiger partial charge in [-0.3, -0.25) is 4.72 Å². The zero-order valence-corrected chi connectivity index (χ0v) is 16.2. The van der Waals surface area contributed by atoms with Crippen LogP contribution in [0, 0.1) is 0 Å². The van der Waals surface area contributed by atoms with Gasteiger partial charge in [0.05, 0.1) is 30.4 Å². The third-order valence-electron chi connectivity index (χ3n) is 4.40. The number of anilines is 1. The molecular formula is C19H19N3O5S. The molecule has 9 heteroatoms. The van der Waals surface area contributed by atoms with Gasteiger partial charge in [0.15, 0.2) is 11.5 Å². The lowest BCUT2D eigenvalue weighted by molar-refractivity contribution is 0.355. The molecule has 0 amide bonds. The quantitative estimate of drug-likeness (QED) is 0.648. The van der Waals surface area contributed by atoms with Gasteiger partial charge >= 0.3 is 0 Å². The number of hydrogen-bond acceptors (Lipinski definition) is 7. The lowest BCUT2D eigenvalue weighted by atomic mass is 10.2. The summed E-state index contributed by atoms with van der Waals surface area (Å²) in [4.78, 5) is 8.45. The summed E-state index contributed by atoms with van der Waals surface area (Å²) in [6, 6.07) is 10.2. The van der Waals surface area contributed by atoms with Crippen molar-refractivity contribution in [2.75, 3.05) is 18.9 Å². The molecule has 2 aromatic carbocycles. The molecule has 1 aliphatic rings. The molecule has 0 aliphatic heterocycles. The van der Waals surface area contributed by atoms with E-state index in [1.54, 1.807) is 50.6 Å². The van der Waals surface area contributed by atoms with Crippen molar-refractivity contribution in [2.24, 2.45) is 0 Å². The summed E-state index contributed by atoms with van der Waals surface area (Å²) in [5.41, 5.74) is 1.15. The lowest BCUT2D eigenvalue weighted by Crippen LogP contribution is -2.17. The molecule has 1 aliphatic carbocycles. The Morgan fingerprint density at radius 1 is 1.00 bits per heavy atom. The van der Waals surface area contributed by atoms with Gasteiger partial charge in [-0.2, -0.15) is 0 Å². The highest BCUT2D eigenvalue weighted by Crippen LogP contribution is 2.36. The van der Waals surface area contributed by atoms with E-state index in [2.05, 4.69) is 14.7 Å². The second kappa shape index (κ2) is 7.16. The Morgan fingerprint density at radius 2 is 1.68 bits per heavy atom. The van der Waals surface area contributed by atoms with E-state index in [0.29, 0.717) is 52.6 Å². The topological polar surface area (TPSA) is 99.6 Å². The predicted octanol–water partition coefficient (Wildman–Crippen LogP) is 3.34. The molecule has 0 bridgehead atoms. The molecule has 0 radical (unpaired) electrons. The summed E-state index contributed by atoms with van der Waals surface area (Å²) in [5, 5.41) is 0.390. The zero-order valence-electron chi connectivity index (χ0n) is 15.4. The molecular weight excluding hydrogens is 382 g/mol. The Hall–Kier alpha value is -3.07. The van der Waals surface area contributed by atoms with Crippen LogP contribution in [0.3, 0.4) is 0 Å². The van der Waals surface area contributed by atoms with Gasteiger partial charge in [0.2, 0.25) is 15.9 Å². The van der Waals surface area contributed by atoms with Crippen LogP contribution in [-0.4, -0.2) is 37.9 Å². The minimum atomic E-state index is -3.29. The molecule has 0 spiro atoms. The zero-order chi connectivity index (χ0) is 19.7. The molecule has 3 aromatic rings. The fourth-order valence-corrected chi connectivity index (χ4v) is 4.16. The molecule has 146 valence electrons. The third-order valence-corrected chi connectivity index (χ3v) is 6.27. The molecule has 0 saturated heterocycles. The molecule has 0 atom stereocenters. The van der Waals surface area contributed by atoms with Gasteiger partial charge in [-0.1, -0.05) is 0 Å². The highest BCUT2D eigenvalue weighted by Gasteiger charge is 2.35. The summed E-state index contributed by atoms with van der Waals surface area (Å²) < 4.78 is 43.1. The maximum atomic E-state index is 12.0. The Labute approximate surface area is 162 Å². The van der Waals surface area contributed by atoms with E-state index >= 15 is 0 Å². The van der Waals surface area contributed by atoms with Crippen molar-refractivity contribution in [3.63, 3.8) is 0 Å². The highest BCUT2D eigenvalue weighted by molar-refractivity contribution is 7.93. The van der Waals surface area contributed by atoms with Crippen LogP contribution < -0.4 is 18.9 Å². The Morgan fingerprint density at radius 3 is 2.32 bits per heavy atom. The third kappa shape index (κ3) is 3.65. The summed E-state index contributed by atoms with van der Waals surface area (Å²) in [5.74, 6) is 1.98. The molecule has 0 unspecified atom stereocenters. The second-order valence-corrected chi connectivity index (χ2v) is 8.34. The fraction of sp³-hybridized carbons (Fsp3) is 0.263. The van der Waals surface area contributed by atoms with Crippen LogP contribution in [0.25, 0.3) is 10.9 Å². The summed E-state index contributed by atoms with van der Waals surface area (Å²) in [6.45, 7) is 0. The number of nitrogens with one attached hydrogen (secondary N) is 1. The molecule has 8 nitrogen and oxygen atoms in total. The van der Waals surface area contributed by atoms with E-state index < -0.39 is 10.0 Å². The monoisotopic (exact) mass is 401 g/mol. The molecule has 1 saturated carbocycles. The van der Waals surface area contributed by atoms with Crippen LogP contribution in [0.2, 0.25) is 0 Å². The highest BCUT2D eigenvalue weighted by atomic mass is 32.2. The van der Waals surface area contributed by atoms with Crippen molar-refractivity contribution >= 4 is 26.6 Å². The van der Waals surface area contributed by atoms with Crippen molar-refractivity contribution in [3.05, 3.63) is 42.7 Å². The fourth-order valence-electron chi connectivity index (χ4n) is 2.77. The van der Waals surface area contributed by atoms with Crippen molar-refractivity contribution in [1.82, 2.24) is 9.97 Å². The largest absolute Gasteiger partial charge is 0.493 e. The van der Waals surface area contributed by atoms with Crippen molar-refractivity contribution in [3.8, 4) is 23.1 Å². The molecule has 1 fully saturated rings. The Bertz CT molecular complexity index is 1110. The van der Waals surface area contributed by atoms with Crippen molar-refractivity contribution < 1.29 is 22.6 Å². The summed E-state index contributed by atoms with van der Waals surface area (Å²) in [6.07, 6.45) is 2.83. The van der Waals surface area contributed by atoms with Gasteiger partial charge in [0, 0.05) is 11.8 Å². The first-order chi connectivity index (χ1) is 13.5. The van der Waals surface area contributed by atoms with Crippen LogP contribution in [-0.2, 0) is 10.0 Å². The van der Waals surface area contributed by atoms with Crippen LogP contribution >= 0.6 is 0 Å². The number of hydrogen-bond donors (Lipinski definition) is 1. The summed E-state index contributed by atoms with van der Waals surface area (Å²) in [7, 11) is -0.184. The number of rotatable bonds is 7. The molecule has 1 heterocycles. The number of fused-ring (bicyclic) bond motifs is 1. The van der Waals surface area contributed by atoms with Crippen LogP contribution in [0.1, 0.15) is 12.8 Å². The maximum Gasteiger partial charge on any atom is 0.235 e. The average molecular weight is 401 g/mol. The van der Waals surface area contributed by atoms with Gasteiger partial charge in [-0.15, -0.1) is 0 Å². The van der Waals surface area contributed by atoms with Crippen molar-refractivity contribution in [1.29, 1.82) is 0 Å². The average Bonchev–Trinajstić information content (AvgIpc) is 3.54. The first-order valence-electron chi connectivity index (χ1n) is 8.66. The molecule has 28 heavy (non-hydrogen) atoms. The van der Waals surface area contributed by atoms with E-state index in [0.717, 1.165) is 0 Å². The Kier molecular flexibility index (Phi) is 4.68. The van der Waals surface area contributed by atoms with E-state index in [9.17, 15) is 8.42 Å². The second-order valence-electron chi connectivity index (χ2n) is 6.38. The van der Waals surface area contributed by atoms with Gasteiger partial charge in [-0.25, -0.2) is 18.4 Å². The predicted molar refractivity (Wildman–Crippen MR) is 105 cm³/mol. The van der Waals surface area contributed by atoms with Gasteiger partial charge in [0.25, 0.3) is 0 Å². The standard InChI is InChI=1S/C19H19N3O5S/c1-25-17-9-15-16(10-18(17)26-2)20-11-21-19(15)27-13-5-3-12(4-6-13)22-28(23,24)14-7-8-14/h3-6,9-11,14,22H,7-8H2,1-2H3. The lowest BCUT2D eigenvalue weighted by Gasteiger charge is -2.12. The number of nitrogens with zero attached hydrogens (tertiary/aromatic N) is 2. The SMILES string of the molecule is COc1cc2ncnc(Oc3ccc(NS(=O)(=O)C4CC4)cc3)c2cc1OC. The molecule has 1 N–H and O–H groups in total. The first-order valence-corrected chi connectivity index (χ1v) is 10.2. The minimum Gasteiger partial charge on any atom is -0.493 e. The van der Waals surface area contributed by atoms with E-state index in [1.165, 1.54) is 6.33 Å². The van der Waals surface area contributed by atoms with Crippen LogP contribution in [0.4, 0.5) is 5.69 Å². The van der Waals surface area contributed by atoms with Crippen LogP contribution in [0.15, 0.2) is 42.7 Å². The molecule has 1 aromatic heterocycles. The number of ether oxygens (including phenoxy) is 3. The maximum absolute atomic E-state index is 12.0. The molecule has 4 rings (SSSR count). The number of methoxy groups -OCH3 is 2. The van der Waals surface area contributed by atoms with Gasteiger partial charge in [-0.05, 0) is 43.2 Å². The number of sulfonamides is 1. The minimum absolute atomic E-state index is 0.275. The van der Waals surface area contributed by atoms with E-state index in [1.807, 2.05) is 0 Å². The van der Waals surface area contributed by atoms with E-state index in [-0.39, 0.29) is 5.25 Å². The van der Waals surface area contributed by atoms with E-state index in [4.69, 9.17) is 14.2 Å². The normalized spacial score (nSPS) is 13.9. The number of aromatic nitrogens is 2.